The van der Waals surface area contributed by atoms with Crippen LogP contribution >= 0.6 is 15.9 Å². The Morgan fingerprint density at radius 1 is 1.27 bits per heavy atom. The Labute approximate surface area is 137 Å². The average molecular weight is 361 g/mol. The molecule has 0 saturated heterocycles. The second-order valence-corrected chi connectivity index (χ2v) is 5.70. The number of fused-ring (bicyclic) bond motifs is 1. The number of rotatable bonds is 5. The van der Waals surface area contributed by atoms with Crippen molar-refractivity contribution in [3.8, 4) is 5.88 Å². The third-order valence-corrected chi connectivity index (χ3v) is 4.27. The van der Waals surface area contributed by atoms with Crippen LogP contribution in [0.2, 0.25) is 0 Å². The molecule has 5 nitrogen and oxygen atoms in total. The van der Waals surface area contributed by atoms with E-state index in [4.69, 9.17) is 4.74 Å². The van der Waals surface area contributed by atoms with E-state index in [1.54, 1.807) is 6.20 Å². The smallest absolute Gasteiger partial charge is 0.227 e. The Morgan fingerprint density at radius 3 is 2.82 bits per heavy atom. The molecule has 0 aliphatic rings. The second-order valence-electron chi connectivity index (χ2n) is 4.91. The van der Waals surface area contributed by atoms with Crippen molar-refractivity contribution in [1.82, 2.24) is 19.9 Å². The van der Waals surface area contributed by atoms with Gasteiger partial charge in [0.15, 0.2) is 0 Å². The summed E-state index contributed by atoms with van der Waals surface area (Å²) in [5.74, 6) is 1.34. The molecule has 3 aromatic heterocycles. The zero-order valence-corrected chi connectivity index (χ0v) is 14.1. The van der Waals surface area contributed by atoms with E-state index in [2.05, 4.69) is 42.8 Å². The Hall–Kier alpha value is -1.95. The first-order chi connectivity index (χ1) is 10.7. The van der Waals surface area contributed by atoms with Crippen LogP contribution in [0.25, 0.3) is 11.0 Å². The van der Waals surface area contributed by atoms with Crippen LogP contribution in [0.4, 0.5) is 0 Å². The molecular formula is C16H17BrN4O. The lowest BCUT2D eigenvalue weighted by Gasteiger charge is -2.07. The molecule has 0 amide bonds. The first kappa shape index (κ1) is 15.0. The Balaban J connectivity index is 2.08. The van der Waals surface area contributed by atoms with Gasteiger partial charge in [0.1, 0.15) is 11.5 Å². The highest BCUT2D eigenvalue weighted by molar-refractivity contribution is 9.10. The summed E-state index contributed by atoms with van der Waals surface area (Å²) in [6.07, 6.45) is 5.10. The van der Waals surface area contributed by atoms with Gasteiger partial charge in [-0.15, -0.1) is 0 Å². The number of aromatic nitrogens is 4. The van der Waals surface area contributed by atoms with Gasteiger partial charge in [0.05, 0.1) is 16.5 Å². The average Bonchev–Trinajstić information content (AvgIpc) is 2.85. The number of aromatic amines is 1. The molecule has 22 heavy (non-hydrogen) atoms. The lowest BCUT2D eigenvalue weighted by molar-refractivity contribution is 0.329. The van der Waals surface area contributed by atoms with Crippen molar-refractivity contribution in [3.63, 3.8) is 0 Å². The first-order valence-corrected chi connectivity index (χ1v) is 8.10. The molecule has 0 aromatic carbocycles. The maximum absolute atomic E-state index is 5.72. The van der Waals surface area contributed by atoms with Gasteiger partial charge in [-0.05, 0) is 40.9 Å². The first-order valence-electron chi connectivity index (χ1n) is 7.31. The molecule has 0 aliphatic heterocycles. The molecule has 3 heterocycles. The highest BCUT2D eigenvalue weighted by Crippen LogP contribution is 2.33. The third-order valence-electron chi connectivity index (χ3n) is 3.40. The number of nitrogens with one attached hydrogen (secondary N) is 1. The van der Waals surface area contributed by atoms with Crippen LogP contribution in [0.1, 0.15) is 30.9 Å². The van der Waals surface area contributed by atoms with E-state index >= 15 is 0 Å². The van der Waals surface area contributed by atoms with Gasteiger partial charge in [0.2, 0.25) is 5.88 Å². The SMILES string of the molecule is CCOc1nc(Cc2cccnc2)nc2[nH]c(CC)c(Br)c12. The molecule has 3 rings (SSSR count). The number of pyridine rings is 1. The standard InChI is InChI=1S/C16H17BrN4O/c1-3-11-14(17)13-15(19-11)20-12(21-16(13)22-4-2)8-10-6-5-7-18-9-10/h5-7,9H,3-4,8H2,1-2H3,(H,19,20,21). The summed E-state index contributed by atoms with van der Waals surface area (Å²) < 4.78 is 6.71. The molecule has 1 N–H and O–H groups in total. The minimum atomic E-state index is 0.567. The van der Waals surface area contributed by atoms with Gasteiger partial charge < -0.3 is 9.72 Å². The topological polar surface area (TPSA) is 63.7 Å². The highest BCUT2D eigenvalue weighted by atomic mass is 79.9. The molecule has 0 atom stereocenters. The number of hydrogen-bond acceptors (Lipinski definition) is 4. The highest BCUT2D eigenvalue weighted by Gasteiger charge is 2.17. The fraction of sp³-hybridized carbons (Fsp3) is 0.312. The number of nitrogens with zero attached hydrogens (tertiary/aromatic N) is 3. The molecule has 0 fully saturated rings. The zero-order valence-electron chi connectivity index (χ0n) is 12.6. The summed E-state index contributed by atoms with van der Waals surface area (Å²) in [7, 11) is 0. The van der Waals surface area contributed by atoms with Crippen molar-refractivity contribution in [2.75, 3.05) is 6.61 Å². The van der Waals surface area contributed by atoms with Gasteiger partial charge in [-0.1, -0.05) is 13.0 Å². The summed E-state index contributed by atoms with van der Waals surface area (Å²) in [4.78, 5) is 16.7. The fourth-order valence-corrected chi connectivity index (χ4v) is 3.11. The molecule has 0 radical (unpaired) electrons. The Bertz CT molecular complexity index is 786. The summed E-state index contributed by atoms with van der Waals surface area (Å²) in [6.45, 7) is 4.62. The van der Waals surface area contributed by atoms with E-state index < -0.39 is 0 Å². The number of hydrogen-bond donors (Lipinski definition) is 1. The van der Waals surface area contributed by atoms with Crippen LogP contribution in [-0.4, -0.2) is 26.5 Å². The van der Waals surface area contributed by atoms with Crippen molar-refractivity contribution < 1.29 is 4.74 Å². The zero-order chi connectivity index (χ0) is 15.5. The van der Waals surface area contributed by atoms with Crippen molar-refractivity contribution >= 4 is 27.0 Å². The van der Waals surface area contributed by atoms with Crippen LogP contribution in [0.3, 0.4) is 0 Å². The Morgan fingerprint density at radius 2 is 2.14 bits per heavy atom. The molecule has 0 spiro atoms. The maximum Gasteiger partial charge on any atom is 0.227 e. The van der Waals surface area contributed by atoms with E-state index in [9.17, 15) is 0 Å². The largest absolute Gasteiger partial charge is 0.477 e. The predicted molar refractivity (Wildman–Crippen MR) is 89.2 cm³/mol. The minimum absolute atomic E-state index is 0.567. The second kappa shape index (κ2) is 6.44. The van der Waals surface area contributed by atoms with E-state index in [0.717, 1.165) is 39.0 Å². The van der Waals surface area contributed by atoms with Gasteiger partial charge in [-0.3, -0.25) is 4.98 Å². The lowest BCUT2D eigenvalue weighted by atomic mass is 10.2. The summed E-state index contributed by atoms with van der Waals surface area (Å²) in [5.41, 5.74) is 2.98. The molecule has 3 aromatic rings. The maximum atomic E-state index is 5.72. The van der Waals surface area contributed by atoms with Crippen molar-refractivity contribution in [2.45, 2.75) is 26.7 Å². The van der Waals surface area contributed by atoms with E-state index in [0.29, 0.717) is 18.9 Å². The number of ether oxygens (including phenoxy) is 1. The normalized spacial score (nSPS) is 11.0. The number of halogens is 1. The van der Waals surface area contributed by atoms with Crippen LogP contribution in [0, 0.1) is 0 Å². The number of aryl methyl sites for hydroxylation is 1. The monoisotopic (exact) mass is 360 g/mol. The predicted octanol–water partition coefficient (Wildman–Crippen LogP) is 3.67. The van der Waals surface area contributed by atoms with Gasteiger partial charge in [0, 0.05) is 24.5 Å². The molecule has 0 saturated carbocycles. The molecule has 0 bridgehead atoms. The summed E-state index contributed by atoms with van der Waals surface area (Å²) in [6, 6.07) is 3.93. The van der Waals surface area contributed by atoms with Crippen LogP contribution < -0.4 is 4.74 Å². The molecule has 0 aliphatic carbocycles. The van der Waals surface area contributed by atoms with Crippen LogP contribution in [-0.2, 0) is 12.8 Å². The summed E-state index contributed by atoms with van der Waals surface area (Å²) >= 11 is 3.62. The van der Waals surface area contributed by atoms with Crippen LogP contribution in [0.5, 0.6) is 5.88 Å². The molecule has 0 unspecified atom stereocenters. The van der Waals surface area contributed by atoms with Crippen LogP contribution in [0.15, 0.2) is 29.0 Å². The summed E-state index contributed by atoms with van der Waals surface area (Å²) in [5, 5.41) is 0.911. The fourth-order valence-electron chi connectivity index (χ4n) is 2.37. The number of H-pyrrole nitrogens is 1. The molecule has 114 valence electrons. The third kappa shape index (κ3) is 2.83. The van der Waals surface area contributed by atoms with E-state index in [1.807, 2.05) is 25.3 Å². The van der Waals surface area contributed by atoms with Gasteiger partial charge in [0.25, 0.3) is 0 Å². The van der Waals surface area contributed by atoms with E-state index in [-0.39, 0.29) is 0 Å². The van der Waals surface area contributed by atoms with Gasteiger partial charge >= 0.3 is 0 Å². The molecular weight excluding hydrogens is 344 g/mol. The van der Waals surface area contributed by atoms with Crippen molar-refractivity contribution in [1.29, 1.82) is 0 Å². The molecule has 6 heteroatoms. The lowest BCUT2D eigenvalue weighted by Crippen LogP contribution is -2.02. The minimum Gasteiger partial charge on any atom is -0.477 e. The van der Waals surface area contributed by atoms with Gasteiger partial charge in [-0.2, -0.15) is 4.98 Å². The quantitative estimate of drug-likeness (QED) is 0.753. The van der Waals surface area contributed by atoms with Crippen molar-refractivity contribution in [2.24, 2.45) is 0 Å². The van der Waals surface area contributed by atoms with E-state index in [1.165, 1.54) is 0 Å². The Kier molecular flexibility index (Phi) is 4.38. The van der Waals surface area contributed by atoms with Gasteiger partial charge in [-0.25, -0.2) is 4.98 Å². The van der Waals surface area contributed by atoms with Crippen molar-refractivity contribution in [3.05, 3.63) is 46.1 Å².